The van der Waals surface area contributed by atoms with Crippen molar-refractivity contribution in [3.63, 3.8) is 0 Å². The van der Waals surface area contributed by atoms with Crippen molar-refractivity contribution in [3.05, 3.63) is 29.8 Å². The first-order valence-electron chi connectivity index (χ1n) is 10.6. The van der Waals surface area contributed by atoms with E-state index in [0.29, 0.717) is 24.7 Å². The van der Waals surface area contributed by atoms with Crippen LogP contribution in [0.15, 0.2) is 24.3 Å². The molecular weight excluding hydrogens is 354 g/mol. The Hall–Kier alpha value is -2.04. The molecule has 0 aromatic heterocycles. The Bertz CT molecular complexity index is 781. The number of carbonyl (C=O) groups is 2. The molecule has 0 radical (unpaired) electrons. The molecule has 1 aromatic carbocycles. The van der Waals surface area contributed by atoms with Crippen molar-refractivity contribution in [2.75, 3.05) is 7.11 Å². The highest BCUT2D eigenvalue weighted by Crippen LogP contribution is 2.66. The quantitative estimate of drug-likeness (QED) is 0.816. The zero-order chi connectivity index (χ0) is 19.5. The van der Waals surface area contributed by atoms with Crippen LogP contribution in [0.25, 0.3) is 0 Å². The van der Waals surface area contributed by atoms with Crippen molar-refractivity contribution in [2.45, 2.75) is 62.8 Å². The van der Waals surface area contributed by atoms with E-state index < -0.39 is 5.97 Å². The lowest BCUT2D eigenvalue weighted by atomic mass is 9.42. The van der Waals surface area contributed by atoms with E-state index in [4.69, 9.17) is 9.84 Å². The third kappa shape index (κ3) is 2.73. The van der Waals surface area contributed by atoms with Crippen LogP contribution in [0.3, 0.4) is 0 Å². The maximum atomic E-state index is 13.4. The topological polar surface area (TPSA) is 75.6 Å². The van der Waals surface area contributed by atoms with Crippen LogP contribution in [0, 0.1) is 23.2 Å². The summed E-state index contributed by atoms with van der Waals surface area (Å²) >= 11 is 0. The molecule has 5 aliphatic carbocycles. The minimum Gasteiger partial charge on any atom is -0.497 e. The molecule has 5 heteroatoms. The van der Waals surface area contributed by atoms with E-state index in [1.54, 1.807) is 7.11 Å². The molecule has 5 fully saturated rings. The van der Waals surface area contributed by atoms with Crippen molar-refractivity contribution in [1.29, 1.82) is 0 Å². The van der Waals surface area contributed by atoms with Crippen LogP contribution in [-0.4, -0.2) is 30.1 Å². The summed E-state index contributed by atoms with van der Waals surface area (Å²) in [6.45, 7) is 0. The first-order chi connectivity index (χ1) is 13.4. The number of benzene rings is 1. The molecule has 4 bridgehead atoms. The van der Waals surface area contributed by atoms with Crippen molar-refractivity contribution >= 4 is 11.9 Å². The van der Waals surface area contributed by atoms with E-state index in [-0.39, 0.29) is 28.7 Å². The summed E-state index contributed by atoms with van der Waals surface area (Å²) in [6.07, 6.45) is 7.73. The lowest BCUT2D eigenvalue weighted by molar-refractivity contribution is -0.153. The Kier molecular flexibility index (Phi) is 4.01. The SMILES string of the molecule is COc1ccc(C23CC4CC(CC(C(=O)NC5CC(C(=O)O)C5)(C4)C2)C3)cc1. The molecule has 2 unspecified atom stereocenters. The number of carboxylic acid groups (broad SMARTS) is 1. The van der Waals surface area contributed by atoms with Gasteiger partial charge < -0.3 is 15.2 Å². The first-order valence-corrected chi connectivity index (χ1v) is 10.6. The van der Waals surface area contributed by atoms with Crippen molar-refractivity contribution < 1.29 is 19.4 Å². The van der Waals surface area contributed by atoms with Gasteiger partial charge in [0.15, 0.2) is 0 Å². The minimum absolute atomic E-state index is 0.0403. The van der Waals surface area contributed by atoms with Crippen LogP contribution in [0.1, 0.15) is 56.9 Å². The standard InChI is InChI=1S/C23H29NO4/c1-28-19-4-2-17(3-5-19)22-9-14-6-15(10-22)12-23(11-14,13-22)21(27)24-18-7-16(8-18)20(25)26/h2-5,14-16,18H,6-13H2,1H3,(H,24,27)(H,25,26). The number of methoxy groups -OCH3 is 1. The van der Waals surface area contributed by atoms with Crippen molar-refractivity contribution in [2.24, 2.45) is 23.2 Å². The summed E-state index contributed by atoms with van der Waals surface area (Å²) in [5.74, 6) is 1.29. The van der Waals surface area contributed by atoms with E-state index in [0.717, 1.165) is 25.0 Å². The fourth-order valence-electron chi connectivity index (χ4n) is 7.09. The Morgan fingerprint density at radius 1 is 1.04 bits per heavy atom. The maximum Gasteiger partial charge on any atom is 0.306 e. The highest BCUT2D eigenvalue weighted by atomic mass is 16.5. The number of carboxylic acids is 1. The van der Waals surface area contributed by atoms with E-state index in [2.05, 4.69) is 17.4 Å². The first kappa shape index (κ1) is 18.0. The van der Waals surface area contributed by atoms with Gasteiger partial charge in [-0.25, -0.2) is 0 Å². The Balaban J connectivity index is 1.37. The summed E-state index contributed by atoms with van der Waals surface area (Å²) in [4.78, 5) is 24.4. The lowest BCUT2D eigenvalue weighted by Crippen LogP contribution is -2.61. The summed E-state index contributed by atoms with van der Waals surface area (Å²) in [5.41, 5.74) is 1.20. The lowest BCUT2D eigenvalue weighted by Gasteiger charge is -2.61. The van der Waals surface area contributed by atoms with Gasteiger partial charge in [0.25, 0.3) is 0 Å². The van der Waals surface area contributed by atoms with Crippen molar-refractivity contribution in [1.82, 2.24) is 5.32 Å². The predicted octanol–water partition coefficient (Wildman–Crippen LogP) is 3.51. The van der Waals surface area contributed by atoms with Crippen LogP contribution in [-0.2, 0) is 15.0 Å². The fourth-order valence-corrected chi connectivity index (χ4v) is 7.09. The number of ether oxygens (including phenoxy) is 1. The average molecular weight is 383 g/mol. The van der Waals surface area contributed by atoms with Crippen LogP contribution >= 0.6 is 0 Å². The van der Waals surface area contributed by atoms with Gasteiger partial charge in [-0.15, -0.1) is 0 Å². The van der Waals surface area contributed by atoms with Gasteiger partial charge in [0.2, 0.25) is 5.91 Å². The van der Waals surface area contributed by atoms with Gasteiger partial charge in [0, 0.05) is 6.04 Å². The molecule has 0 heterocycles. The largest absolute Gasteiger partial charge is 0.497 e. The fraction of sp³-hybridized carbons (Fsp3) is 0.652. The van der Waals surface area contributed by atoms with Gasteiger partial charge in [0.1, 0.15) is 5.75 Å². The molecule has 0 spiro atoms. The molecule has 1 amide bonds. The summed E-state index contributed by atoms with van der Waals surface area (Å²) in [7, 11) is 1.69. The summed E-state index contributed by atoms with van der Waals surface area (Å²) in [5, 5.41) is 12.3. The van der Waals surface area contributed by atoms with Crippen LogP contribution in [0.5, 0.6) is 5.75 Å². The monoisotopic (exact) mass is 383 g/mol. The van der Waals surface area contributed by atoms with Gasteiger partial charge in [-0.05, 0) is 86.3 Å². The molecule has 6 rings (SSSR count). The number of rotatable bonds is 5. The summed E-state index contributed by atoms with van der Waals surface area (Å²) in [6, 6.07) is 8.52. The number of hydrogen-bond donors (Lipinski definition) is 2. The number of aliphatic carboxylic acids is 1. The molecule has 5 nitrogen and oxygen atoms in total. The van der Waals surface area contributed by atoms with Crippen LogP contribution in [0.2, 0.25) is 0 Å². The van der Waals surface area contributed by atoms with Crippen LogP contribution < -0.4 is 10.1 Å². The molecule has 2 N–H and O–H groups in total. The van der Waals surface area contributed by atoms with Crippen LogP contribution in [0.4, 0.5) is 0 Å². The van der Waals surface area contributed by atoms with Gasteiger partial charge in [-0.3, -0.25) is 9.59 Å². The molecule has 0 aliphatic heterocycles. The van der Waals surface area contributed by atoms with E-state index >= 15 is 0 Å². The number of amides is 1. The second-order valence-corrected chi connectivity index (χ2v) is 9.93. The smallest absolute Gasteiger partial charge is 0.306 e. The Morgan fingerprint density at radius 2 is 1.68 bits per heavy atom. The minimum atomic E-state index is -0.737. The van der Waals surface area contributed by atoms with Gasteiger partial charge >= 0.3 is 5.97 Å². The highest BCUT2D eigenvalue weighted by Gasteiger charge is 2.61. The van der Waals surface area contributed by atoms with E-state index in [1.807, 2.05) is 12.1 Å². The molecule has 0 saturated heterocycles. The van der Waals surface area contributed by atoms with Gasteiger partial charge in [0.05, 0.1) is 18.4 Å². The Labute approximate surface area is 165 Å². The molecular formula is C23H29NO4. The van der Waals surface area contributed by atoms with E-state index in [9.17, 15) is 9.59 Å². The van der Waals surface area contributed by atoms with Gasteiger partial charge in [-0.1, -0.05) is 12.1 Å². The third-order valence-electron chi connectivity index (χ3n) is 8.07. The highest BCUT2D eigenvalue weighted by molar-refractivity contribution is 5.84. The second kappa shape index (κ2) is 6.23. The average Bonchev–Trinajstić information content (AvgIpc) is 2.62. The second-order valence-electron chi connectivity index (χ2n) is 9.93. The molecule has 5 saturated carbocycles. The molecule has 5 aliphatic rings. The third-order valence-corrected chi connectivity index (χ3v) is 8.07. The predicted molar refractivity (Wildman–Crippen MR) is 104 cm³/mol. The molecule has 28 heavy (non-hydrogen) atoms. The number of hydrogen-bond acceptors (Lipinski definition) is 3. The van der Waals surface area contributed by atoms with Crippen molar-refractivity contribution in [3.8, 4) is 5.75 Å². The van der Waals surface area contributed by atoms with E-state index in [1.165, 1.54) is 24.8 Å². The maximum absolute atomic E-state index is 13.4. The molecule has 150 valence electrons. The zero-order valence-electron chi connectivity index (χ0n) is 16.4. The van der Waals surface area contributed by atoms with Gasteiger partial charge in [-0.2, -0.15) is 0 Å². The molecule has 1 aromatic rings. The normalized spacial score (nSPS) is 40.6. The Morgan fingerprint density at radius 3 is 2.25 bits per heavy atom. The molecule has 2 atom stereocenters. The zero-order valence-corrected chi connectivity index (χ0v) is 16.4. The number of carbonyl (C=O) groups excluding carboxylic acids is 1. The summed E-state index contributed by atoms with van der Waals surface area (Å²) < 4.78 is 5.33. The number of nitrogens with one attached hydrogen (secondary N) is 1.